The van der Waals surface area contributed by atoms with Gasteiger partial charge >= 0.3 is 0 Å². The van der Waals surface area contributed by atoms with Gasteiger partial charge in [-0.3, -0.25) is 14.5 Å². The zero-order chi connectivity index (χ0) is 17.3. The lowest BCUT2D eigenvalue weighted by atomic mass is 9.91. The third-order valence-corrected chi connectivity index (χ3v) is 4.28. The van der Waals surface area contributed by atoms with Crippen LogP contribution in [0.2, 0.25) is 0 Å². The van der Waals surface area contributed by atoms with Crippen molar-refractivity contribution in [1.29, 1.82) is 0 Å². The highest BCUT2D eigenvalue weighted by molar-refractivity contribution is 6.08. The summed E-state index contributed by atoms with van der Waals surface area (Å²) in [5, 5.41) is 10.4. The van der Waals surface area contributed by atoms with Gasteiger partial charge in [0.15, 0.2) is 0 Å². The van der Waals surface area contributed by atoms with Crippen LogP contribution >= 0.6 is 0 Å². The largest absolute Gasteiger partial charge is 0.507 e. The molecular weight excluding hydrogens is 290 g/mol. The fourth-order valence-corrected chi connectivity index (χ4v) is 2.92. The summed E-state index contributed by atoms with van der Waals surface area (Å²) in [4.78, 5) is 25.0. The maximum absolute atomic E-state index is 12.2. The molecule has 124 valence electrons. The molecule has 0 atom stereocenters. The van der Waals surface area contributed by atoms with E-state index in [4.69, 9.17) is 0 Å². The Bertz CT molecular complexity index is 642. The summed E-state index contributed by atoms with van der Waals surface area (Å²) in [7, 11) is 0. The van der Waals surface area contributed by atoms with Gasteiger partial charge in [0, 0.05) is 19.0 Å². The van der Waals surface area contributed by atoms with E-state index in [9.17, 15) is 14.7 Å². The highest BCUT2D eigenvalue weighted by Crippen LogP contribution is 2.35. The van der Waals surface area contributed by atoms with Gasteiger partial charge in [-0.25, -0.2) is 0 Å². The van der Waals surface area contributed by atoms with E-state index < -0.39 is 0 Å². The standard InChI is InChI=1S/C19H25NO3/c1-11(2)16-9-14(10-17(12(3)4)18(16)22)8-15-6-7-20(13(5)21)19(15)23/h8-12,22H,6-7H2,1-5H3/b15-8-. The van der Waals surface area contributed by atoms with E-state index in [0.717, 1.165) is 16.7 Å². The van der Waals surface area contributed by atoms with E-state index in [1.165, 1.54) is 11.8 Å². The second-order valence-corrected chi connectivity index (χ2v) is 6.75. The van der Waals surface area contributed by atoms with Gasteiger partial charge in [-0.05, 0) is 53.2 Å². The average Bonchev–Trinajstić information content (AvgIpc) is 2.81. The monoisotopic (exact) mass is 315 g/mol. The van der Waals surface area contributed by atoms with Crippen LogP contribution in [-0.2, 0) is 9.59 Å². The van der Waals surface area contributed by atoms with Gasteiger partial charge in [0.2, 0.25) is 5.91 Å². The number of imide groups is 1. The smallest absolute Gasteiger partial charge is 0.256 e. The van der Waals surface area contributed by atoms with Crippen molar-refractivity contribution in [2.75, 3.05) is 6.54 Å². The molecule has 0 aromatic heterocycles. The minimum atomic E-state index is -0.213. The summed E-state index contributed by atoms with van der Waals surface area (Å²) < 4.78 is 0. The predicted octanol–water partition coefficient (Wildman–Crippen LogP) is 3.80. The Labute approximate surface area is 137 Å². The number of amides is 2. The molecule has 4 nitrogen and oxygen atoms in total. The molecule has 0 unspecified atom stereocenters. The second kappa shape index (κ2) is 6.57. The van der Waals surface area contributed by atoms with E-state index in [-0.39, 0.29) is 23.7 Å². The van der Waals surface area contributed by atoms with Gasteiger partial charge in [-0.1, -0.05) is 27.7 Å². The molecule has 0 spiro atoms. The topological polar surface area (TPSA) is 57.6 Å². The van der Waals surface area contributed by atoms with Crippen molar-refractivity contribution < 1.29 is 14.7 Å². The van der Waals surface area contributed by atoms with Crippen LogP contribution < -0.4 is 0 Å². The number of carbonyl (C=O) groups excluding carboxylic acids is 2. The van der Waals surface area contributed by atoms with Crippen LogP contribution in [0.5, 0.6) is 5.75 Å². The zero-order valence-electron chi connectivity index (χ0n) is 14.5. The first-order chi connectivity index (χ1) is 10.7. The molecule has 1 aliphatic rings. The molecule has 2 rings (SSSR count). The van der Waals surface area contributed by atoms with E-state index in [2.05, 4.69) is 0 Å². The van der Waals surface area contributed by atoms with Gasteiger partial charge in [0.05, 0.1) is 0 Å². The number of rotatable bonds is 3. The summed E-state index contributed by atoms with van der Waals surface area (Å²) in [6, 6.07) is 3.87. The lowest BCUT2D eigenvalue weighted by molar-refractivity contribution is -0.138. The van der Waals surface area contributed by atoms with Gasteiger partial charge in [0.25, 0.3) is 5.91 Å². The van der Waals surface area contributed by atoms with Crippen LogP contribution in [0.15, 0.2) is 17.7 Å². The van der Waals surface area contributed by atoms with Crippen LogP contribution in [-0.4, -0.2) is 28.4 Å². The van der Waals surface area contributed by atoms with Crippen LogP contribution in [0.1, 0.15) is 69.6 Å². The van der Waals surface area contributed by atoms with Gasteiger partial charge in [0.1, 0.15) is 5.75 Å². The quantitative estimate of drug-likeness (QED) is 0.863. The summed E-state index contributed by atoms with van der Waals surface area (Å²) >= 11 is 0. The number of phenols is 1. The highest BCUT2D eigenvalue weighted by atomic mass is 16.3. The van der Waals surface area contributed by atoms with E-state index in [1.807, 2.05) is 45.9 Å². The fourth-order valence-electron chi connectivity index (χ4n) is 2.92. The number of nitrogens with zero attached hydrogens (tertiary/aromatic N) is 1. The highest BCUT2D eigenvalue weighted by Gasteiger charge is 2.28. The molecule has 1 fully saturated rings. The molecule has 0 aliphatic carbocycles. The molecule has 1 aromatic carbocycles. The van der Waals surface area contributed by atoms with Gasteiger partial charge < -0.3 is 5.11 Å². The van der Waals surface area contributed by atoms with Crippen LogP contribution in [0.3, 0.4) is 0 Å². The number of phenolic OH excluding ortho intramolecular Hbond substituents is 1. The SMILES string of the molecule is CC(=O)N1CC/C(=C/c2cc(C(C)C)c(O)c(C(C)C)c2)C1=O. The minimum absolute atomic E-state index is 0.193. The second-order valence-electron chi connectivity index (χ2n) is 6.75. The summed E-state index contributed by atoms with van der Waals surface area (Å²) in [6.45, 7) is 10.0. The molecule has 1 heterocycles. The molecule has 0 saturated carbocycles. The van der Waals surface area contributed by atoms with Crippen LogP contribution in [0, 0.1) is 0 Å². The molecule has 0 radical (unpaired) electrons. The van der Waals surface area contributed by atoms with Crippen molar-refractivity contribution in [3.8, 4) is 5.75 Å². The van der Waals surface area contributed by atoms with Crippen molar-refractivity contribution in [1.82, 2.24) is 4.90 Å². The predicted molar refractivity (Wildman–Crippen MR) is 91.3 cm³/mol. The number of benzene rings is 1. The van der Waals surface area contributed by atoms with Gasteiger partial charge in [-0.2, -0.15) is 0 Å². The maximum Gasteiger partial charge on any atom is 0.256 e. The Hall–Kier alpha value is -2.10. The van der Waals surface area contributed by atoms with Crippen LogP contribution in [0.25, 0.3) is 6.08 Å². The van der Waals surface area contributed by atoms with E-state index in [0.29, 0.717) is 24.3 Å². The van der Waals surface area contributed by atoms with Crippen molar-refractivity contribution in [3.63, 3.8) is 0 Å². The van der Waals surface area contributed by atoms with Crippen molar-refractivity contribution in [2.24, 2.45) is 0 Å². The molecular formula is C19H25NO3. The Kier molecular flexibility index (Phi) is 4.93. The average molecular weight is 315 g/mol. The van der Waals surface area contributed by atoms with Gasteiger partial charge in [-0.15, -0.1) is 0 Å². The van der Waals surface area contributed by atoms with E-state index in [1.54, 1.807) is 0 Å². The lowest BCUT2D eigenvalue weighted by Gasteiger charge is -2.16. The van der Waals surface area contributed by atoms with E-state index >= 15 is 0 Å². The van der Waals surface area contributed by atoms with Crippen molar-refractivity contribution in [2.45, 2.75) is 52.9 Å². The zero-order valence-corrected chi connectivity index (χ0v) is 14.5. The number of aromatic hydroxyl groups is 1. The molecule has 0 bridgehead atoms. The Balaban J connectivity index is 2.46. The summed E-state index contributed by atoms with van der Waals surface area (Å²) in [5.74, 6) is 0.315. The normalized spacial score (nSPS) is 16.9. The van der Waals surface area contributed by atoms with Crippen molar-refractivity contribution in [3.05, 3.63) is 34.4 Å². The molecule has 23 heavy (non-hydrogen) atoms. The molecule has 1 N–H and O–H groups in total. The third-order valence-electron chi connectivity index (χ3n) is 4.28. The summed E-state index contributed by atoms with van der Waals surface area (Å²) in [5.41, 5.74) is 3.33. The first kappa shape index (κ1) is 17.3. The number of carbonyl (C=O) groups is 2. The molecule has 1 aromatic rings. The Morgan fingerprint density at radius 2 is 1.70 bits per heavy atom. The molecule has 2 amide bonds. The molecule has 1 saturated heterocycles. The first-order valence-corrected chi connectivity index (χ1v) is 8.12. The molecule has 4 heteroatoms. The lowest BCUT2D eigenvalue weighted by Crippen LogP contribution is -2.29. The maximum atomic E-state index is 12.2. The number of hydrogen-bond donors (Lipinski definition) is 1. The fraction of sp³-hybridized carbons (Fsp3) is 0.474. The Morgan fingerprint density at radius 3 is 2.09 bits per heavy atom. The van der Waals surface area contributed by atoms with Crippen LogP contribution in [0.4, 0.5) is 0 Å². The molecule has 1 aliphatic heterocycles. The third kappa shape index (κ3) is 3.46. The first-order valence-electron chi connectivity index (χ1n) is 8.12. The Morgan fingerprint density at radius 1 is 1.17 bits per heavy atom. The number of likely N-dealkylation sites (tertiary alicyclic amines) is 1. The van der Waals surface area contributed by atoms with Crippen molar-refractivity contribution >= 4 is 17.9 Å². The summed E-state index contributed by atoms with van der Waals surface area (Å²) in [6.07, 6.45) is 2.43. The number of hydrogen-bond acceptors (Lipinski definition) is 3. The minimum Gasteiger partial charge on any atom is -0.507 e.